The van der Waals surface area contributed by atoms with Gasteiger partial charge in [-0.25, -0.2) is 14.4 Å². The van der Waals surface area contributed by atoms with Crippen LogP contribution in [0.4, 0.5) is 16.0 Å². The Labute approximate surface area is 129 Å². The van der Waals surface area contributed by atoms with Crippen molar-refractivity contribution in [1.29, 1.82) is 0 Å². The highest BCUT2D eigenvalue weighted by Crippen LogP contribution is 2.29. The molecule has 1 aliphatic carbocycles. The fourth-order valence-corrected chi connectivity index (χ4v) is 2.90. The van der Waals surface area contributed by atoms with E-state index in [2.05, 4.69) is 20.2 Å². The number of benzene rings is 1. The average molecular weight is 298 g/mol. The molecule has 2 heterocycles. The van der Waals surface area contributed by atoms with Crippen LogP contribution in [0, 0.1) is 11.7 Å². The molecule has 0 saturated heterocycles. The normalized spacial score (nSPS) is 17.2. The van der Waals surface area contributed by atoms with Gasteiger partial charge >= 0.3 is 0 Å². The summed E-state index contributed by atoms with van der Waals surface area (Å²) in [4.78, 5) is 10.9. The molecule has 1 fully saturated rings. The van der Waals surface area contributed by atoms with Gasteiger partial charge in [0.25, 0.3) is 0 Å². The lowest BCUT2D eigenvalue weighted by Gasteiger charge is -2.29. The Morgan fingerprint density at radius 1 is 1.18 bits per heavy atom. The first-order valence-corrected chi connectivity index (χ1v) is 7.86. The Morgan fingerprint density at radius 2 is 2.09 bits per heavy atom. The van der Waals surface area contributed by atoms with E-state index < -0.39 is 0 Å². The predicted molar refractivity (Wildman–Crippen MR) is 84.4 cm³/mol. The van der Waals surface area contributed by atoms with Gasteiger partial charge in [0, 0.05) is 25.7 Å². The van der Waals surface area contributed by atoms with Gasteiger partial charge in [0.05, 0.1) is 0 Å². The highest BCUT2D eigenvalue weighted by molar-refractivity contribution is 5.50. The molecule has 1 aromatic heterocycles. The summed E-state index contributed by atoms with van der Waals surface area (Å²) in [6.45, 7) is 2.63. The number of aromatic nitrogens is 2. The number of hydrogen-bond donors (Lipinski definition) is 1. The zero-order valence-electron chi connectivity index (χ0n) is 12.4. The molecule has 0 bridgehead atoms. The molecule has 22 heavy (non-hydrogen) atoms. The fourth-order valence-electron chi connectivity index (χ4n) is 2.90. The van der Waals surface area contributed by atoms with E-state index in [-0.39, 0.29) is 5.82 Å². The van der Waals surface area contributed by atoms with E-state index >= 15 is 0 Å². The zero-order valence-corrected chi connectivity index (χ0v) is 12.4. The summed E-state index contributed by atoms with van der Waals surface area (Å²) in [7, 11) is 0. The van der Waals surface area contributed by atoms with Gasteiger partial charge in [-0.15, -0.1) is 0 Å². The number of hydrogen-bond acceptors (Lipinski definition) is 4. The summed E-state index contributed by atoms with van der Waals surface area (Å²) in [5.74, 6) is 2.49. The molecule has 0 unspecified atom stereocenters. The second-order valence-electron chi connectivity index (χ2n) is 6.17. The Bertz CT molecular complexity index is 684. The summed E-state index contributed by atoms with van der Waals surface area (Å²) in [6, 6.07) is 7.07. The zero-order chi connectivity index (χ0) is 14.9. The van der Waals surface area contributed by atoms with Crippen LogP contribution in [-0.2, 0) is 13.0 Å². The monoisotopic (exact) mass is 298 g/mol. The van der Waals surface area contributed by atoms with Crippen LogP contribution in [0.5, 0.6) is 0 Å². The predicted octanol–water partition coefficient (Wildman–Crippen LogP) is 3.00. The van der Waals surface area contributed by atoms with Crippen LogP contribution in [0.2, 0.25) is 0 Å². The first-order chi connectivity index (χ1) is 10.8. The topological polar surface area (TPSA) is 41.0 Å². The lowest BCUT2D eigenvalue weighted by Crippen LogP contribution is -2.31. The minimum atomic E-state index is -0.152. The maximum absolute atomic E-state index is 13.3. The van der Waals surface area contributed by atoms with Crippen LogP contribution in [0.3, 0.4) is 0 Å². The van der Waals surface area contributed by atoms with E-state index in [4.69, 9.17) is 0 Å². The second kappa shape index (κ2) is 5.55. The summed E-state index contributed by atoms with van der Waals surface area (Å²) in [6.07, 6.45) is 5.11. The molecule has 1 saturated carbocycles. The Kier molecular flexibility index (Phi) is 3.41. The molecule has 0 radical (unpaired) electrons. The number of nitrogens with zero attached hydrogens (tertiary/aromatic N) is 3. The van der Waals surface area contributed by atoms with Crippen molar-refractivity contribution in [2.24, 2.45) is 5.92 Å². The van der Waals surface area contributed by atoms with Gasteiger partial charge in [-0.05, 0) is 48.4 Å². The van der Waals surface area contributed by atoms with Gasteiger partial charge < -0.3 is 10.2 Å². The smallest absolute Gasteiger partial charge is 0.134 e. The van der Waals surface area contributed by atoms with E-state index in [1.807, 2.05) is 12.1 Å². The van der Waals surface area contributed by atoms with Crippen molar-refractivity contribution in [1.82, 2.24) is 9.97 Å². The van der Waals surface area contributed by atoms with Gasteiger partial charge in [-0.1, -0.05) is 6.07 Å². The summed E-state index contributed by atoms with van der Waals surface area (Å²) < 4.78 is 13.3. The van der Waals surface area contributed by atoms with E-state index in [9.17, 15) is 4.39 Å². The van der Waals surface area contributed by atoms with Gasteiger partial charge in [0.15, 0.2) is 0 Å². The summed E-state index contributed by atoms with van der Waals surface area (Å²) in [5, 5.41) is 3.39. The van der Waals surface area contributed by atoms with E-state index in [1.165, 1.54) is 24.5 Å². The van der Waals surface area contributed by atoms with Crippen LogP contribution < -0.4 is 10.2 Å². The molecule has 5 heteroatoms. The van der Waals surface area contributed by atoms with Gasteiger partial charge in [-0.2, -0.15) is 0 Å². The Morgan fingerprint density at radius 3 is 2.95 bits per heavy atom. The Hall–Kier alpha value is -2.17. The quantitative estimate of drug-likeness (QED) is 0.942. The molecule has 0 spiro atoms. The molecule has 2 aromatic rings. The third-order valence-electron chi connectivity index (χ3n) is 4.43. The van der Waals surface area contributed by atoms with Crippen molar-refractivity contribution in [2.75, 3.05) is 23.3 Å². The fraction of sp³-hybridized carbons (Fsp3) is 0.412. The standard InChI is InChI=1S/C17H19FN4/c18-15-4-3-14-10-22(6-5-13(14)7-15)17-8-16(20-11-21-17)19-9-12-1-2-12/h3-4,7-8,11-12H,1-2,5-6,9-10H2,(H,19,20,21). The van der Waals surface area contributed by atoms with E-state index in [1.54, 1.807) is 12.4 Å². The number of fused-ring (bicyclic) bond motifs is 1. The van der Waals surface area contributed by atoms with Crippen LogP contribution in [0.25, 0.3) is 0 Å². The van der Waals surface area contributed by atoms with Crippen molar-refractivity contribution >= 4 is 11.6 Å². The molecule has 0 atom stereocenters. The van der Waals surface area contributed by atoms with Crippen molar-refractivity contribution in [3.05, 3.63) is 47.5 Å². The molecule has 0 amide bonds. The number of anilines is 2. The molecule has 114 valence electrons. The van der Waals surface area contributed by atoms with Gasteiger partial charge in [0.2, 0.25) is 0 Å². The molecule has 2 aliphatic rings. The summed E-state index contributed by atoms with van der Waals surface area (Å²) in [5.41, 5.74) is 2.29. The molecular formula is C17H19FN4. The Balaban J connectivity index is 1.49. The van der Waals surface area contributed by atoms with Crippen molar-refractivity contribution < 1.29 is 4.39 Å². The molecule has 1 N–H and O–H groups in total. The van der Waals surface area contributed by atoms with Crippen molar-refractivity contribution in [3.8, 4) is 0 Å². The second-order valence-corrected chi connectivity index (χ2v) is 6.17. The van der Waals surface area contributed by atoms with Gasteiger partial charge in [-0.3, -0.25) is 0 Å². The van der Waals surface area contributed by atoms with Crippen LogP contribution in [0.1, 0.15) is 24.0 Å². The number of rotatable bonds is 4. The summed E-state index contributed by atoms with van der Waals surface area (Å²) >= 11 is 0. The van der Waals surface area contributed by atoms with E-state index in [0.29, 0.717) is 0 Å². The maximum Gasteiger partial charge on any atom is 0.134 e. The molecular weight excluding hydrogens is 279 g/mol. The minimum absolute atomic E-state index is 0.152. The lowest BCUT2D eigenvalue weighted by molar-refractivity contribution is 0.618. The first kappa shape index (κ1) is 13.5. The lowest BCUT2D eigenvalue weighted by atomic mass is 10.00. The highest BCUT2D eigenvalue weighted by Gasteiger charge is 2.21. The third kappa shape index (κ3) is 2.89. The van der Waals surface area contributed by atoms with Crippen LogP contribution >= 0.6 is 0 Å². The molecule has 1 aromatic carbocycles. The number of nitrogens with one attached hydrogen (secondary N) is 1. The molecule has 4 nitrogen and oxygen atoms in total. The van der Waals surface area contributed by atoms with Crippen LogP contribution in [0.15, 0.2) is 30.6 Å². The third-order valence-corrected chi connectivity index (χ3v) is 4.43. The van der Waals surface area contributed by atoms with E-state index in [0.717, 1.165) is 49.2 Å². The van der Waals surface area contributed by atoms with Crippen molar-refractivity contribution in [3.63, 3.8) is 0 Å². The maximum atomic E-state index is 13.3. The minimum Gasteiger partial charge on any atom is -0.370 e. The van der Waals surface area contributed by atoms with Gasteiger partial charge in [0.1, 0.15) is 23.8 Å². The largest absolute Gasteiger partial charge is 0.370 e. The first-order valence-electron chi connectivity index (χ1n) is 7.86. The molecule has 4 rings (SSSR count). The van der Waals surface area contributed by atoms with Crippen molar-refractivity contribution in [2.45, 2.75) is 25.8 Å². The SMILES string of the molecule is Fc1ccc2c(c1)CCN(c1cc(NCC3CC3)ncn1)C2. The highest BCUT2D eigenvalue weighted by atomic mass is 19.1. The molecule has 1 aliphatic heterocycles. The number of halogens is 1. The average Bonchev–Trinajstić information content (AvgIpc) is 3.37. The van der Waals surface area contributed by atoms with Crippen LogP contribution in [-0.4, -0.2) is 23.1 Å².